The third kappa shape index (κ3) is 4.59. The van der Waals surface area contributed by atoms with Crippen molar-refractivity contribution in [1.29, 1.82) is 0 Å². The van der Waals surface area contributed by atoms with E-state index in [1.165, 1.54) is 24.2 Å². The Bertz CT molecular complexity index is 655. The number of benzene rings is 2. The van der Waals surface area contributed by atoms with Crippen molar-refractivity contribution in [2.24, 2.45) is 0 Å². The lowest BCUT2D eigenvalue weighted by atomic mass is 10.0. The molecule has 2 atom stereocenters. The first-order valence-electron chi connectivity index (χ1n) is 8.68. The fourth-order valence-corrected chi connectivity index (χ4v) is 3.16. The zero-order valence-corrected chi connectivity index (χ0v) is 14.1. The number of quaternary nitrogens is 1. The molecule has 126 valence electrons. The van der Waals surface area contributed by atoms with Crippen LogP contribution in [-0.4, -0.2) is 25.0 Å². The molecular weight excluding hydrogens is 300 g/mol. The predicted molar refractivity (Wildman–Crippen MR) is 95.6 cm³/mol. The van der Waals surface area contributed by atoms with Crippen LogP contribution in [0.15, 0.2) is 54.6 Å². The fraction of sp³-hybridized carbons (Fsp3) is 0.350. The second-order valence-electron chi connectivity index (χ2n) is 6.47. The van der Waals surface area contributed by atoms with Gasteiger partial charge in [-0.3, -0.25) is 4.79 Å². The highest BCUT2D eigenvalue weighted by Crippen LogP contribution is 2.22. The van der Waals surface area contributed by atoms with Crippen molar-refractivity contribution in [3.8, 4) is 11.5 Å². The lowest BCUT2D eigenvalue weighted by molar-refractivity contribution is -0.920. The molecule has 0 bridgehead atoms. The summed E-state index contributed by atoms with van der Waals surface area (Å²) >= 11 is 0. The number of amides is 1. The number of rotatable bonds is 5. The van der Waals surface area contributed by atoms with Crippen molar-refractivity contribution >= 4 is 11.6 Å². The molecule has 1 aliphatic heterocycles. The number of para-hydroxylation sites is 1. The molecule has 1 heterocycles. The first-order valence-corrected chi connectivity index (χ1v) is 8.68. The molecule has 24 heavy (non-hydrogen) atoms. The van der Waals surface area contributed by atoms with Crippen LogP contribution in [0.3, 0.4) is 0 Å². The molecule has 3 rings (SSSR count). The average molecular weight is 325 g/mol. The van der Waals surface area contributed by atoms with E-state index in [9.17, 15) is 4.79 Å². The third-order valence-electron chi connectivity index (χ3n) is 4.59. The first-order chi connectivity index (χ1) is 11.7. The van der Waals surface area contributed by atoms with Crippen molar-refractivity contribution in [2.75, 3.05) is 18.4 Å². The molecule has 4 heteroatoms. The molecular formula is C20H25N2O2+. The van der Waals surface area contributed by atoms with Crippen LogP contribution >= 0.6 is 0 Å². The number of ether oxygens (including phenoxy) is 1. The van der Waals surface area contributed by atoms with E-state index in [0.717, 1.165) is 23.7 Å². The number of piperidine rings is 1. The minimum absolute atomic E-state index is 0.0791. The van der Waals surface area contributed by atoms with Crippen LogP contribution in [0.4, 0.5) is 5.69 Å². The Morgan fingerprint density at radius 2 is 1.79 bits per heavy atom. The lowest BCUT2D eigenvalue weighted by Gasteiger charge is -2.29. The maximum atomic E-state index is 12.2. The highest BCUT2D eigenvalue weighted by molar-refractivity contribution is 5.91. The summed E-state index contributed by atoms with van der Waals surface area (Å²) < 4.78 is 5.76. The first kappa shape index (κ1) is 16.5. The largest absolute Gasteiger partial charge is 0.457 e. The molecule has 1 amide bonds. The summed E-state index contributed by atoms with van der Waals surface area (Å²) in [5.74, 6) is 1.64. The zero-order valence-electron chi connectivity index (χ0n) is 14.1. The molecule has 0 radical (unpaired) electrons. The number of anilines is 1. The SMILES string of the molecule is C[C@H]1CCCC[NH+]1CC(=O)Nc1ccc(Oc2ccccc2)cc1. The summed E-state index contributed by atoms with van der Waals surface area (Å²) in [4.78, 5) is 13.6. The van der Waals surface area contributed by atoms with E-state index < -0.39 is 0 Å². The maximum absolute atomic E-state index is 12.2. The third-order valence-corrected chi connectivity index (χ3v) is 4.59. The van der Waals surface area contributed by atoms with Gasteiger partial charge in [0.25, 0.3) is 5.91 Å². The molecule has 4 nitrogen and oxygen atoms in total. The van der Waals surface area contributed by atoms with E-state index in [-0.39, 0.29) is 5.91 Å². The molecule has 0 saturated carbocycles. The highest BCUT2D eigenvalue weighted by Gasteiger charge is 2.24. The zero-order chi connectivity index (χ0) is 16.8. The van der Waals surface area contributed by atoms with Gasteiger partial charge >= 0.3 is 0 Å². The number of carbonyl (C=O) groups is 1. The molecule has 1 unspecified atom stereocenters. The topological polar surface area (TPSA) is 42.8 Å². The lowest BCUT2D eigenvalue weighted by Crippen LogP contribution is -3.17. The second kappa shape index (κ2) is 7.97. The van der Waals surface area contributed by atoms with Gasteiger partial charge in [-0.2, -0.15) is 0 Å². The van der Waals surface area contributed by atoms with Gasteiger partial charge in [0.05, 0.1) is 12.6 Å². The van der Waals surface area contributed by atoms with E-state index in [1.54, 1.807) is 0 Å². The van der Waals surface area contributed by atoms with Crippen LogP contribution < -0.4 is 15.0 Å². The Morgan fingerprint density at radius 3 is 2.50 bits per heavy atom. The Morgan fingerprint density at radius 1 is 1.08 bits per heavy atom. The summed E-state index contributed by atoms with van der Waals surface area (Å²) in [6.07, 6.45) is 3.72. The summed E-state index contributed by atoms with van der Waals surface area (Å²) in [6, 6.07) is 17.7. The van der Waals surface area contributed by atoms with Crippen molar-refractivity contribution in [3.63, 3.8) is 0 Å². The predicted octanol–water partition coefficient (Wildman–Crippen LogP) is 2.87. The van der Waals surface area contributed by atoms with Gasteiger partial charge < -0.3 is 15.0 Å². The molecule has 1 fully saturated rings. The van der Waals surface area contributed by atoms with Crippen molar-refractivity contribution in [1.82, 2.24) is 0 Å². The maximum Gasteiger partial charge on any atom is 0.279 e. The molecule has 0 aliphatic carbocycles. The quantitative estimate of drug-likeness (QED) is 0.888. The molecule has 2 aromatic carbocycles. The van der Waals surface area contributed by atoms with Gasteiger partial charge in [0.2, 0.25) is 0 Å². The fourth-order valence-electron chi connectivity index (χ4n) is 3.16. The summed E-state index contributed by atoms with van der Waals surface area (Å²) in [7, 11) is 0. The molecule has 1 saturated heterocycles. The monoisotopic (exact) mass is 325 g/mol. The van der Waals surface area contributed by atoms with Crippen molar-refractivity contribution < 1.29 is 14.4 Å². The number of nitrogens with one attached hydrogen (secondary N) is 2. The van der Waals surface area contributed by atoms with Gasteiger partial charge in [0.15, 0.2) is 6.54 Å². The van der Waals surface area contributed by atoms with Crippen LogP contribution in [-0.2, 0) is 4.79 Å². The van der Waals surface area contributed by atoms with E-state index in [2.05, 4.69) is 12.2 Å². The molecule has 1 aliphatic rings. The van der Waals surface area contributed by atoms with Crippen LogP contribution in [0.2, 0.25) is 0 Å². The van der Waals surface area contributed by atoms with E-state index >= 15 is 0 Å². The summed E-state index contributed by atoms with van der Waals surface area (Å²) in [5, 5.41) is 2.99. The normalized spacial score (nSPS) is 20.4. The van der Waals surface area contributed by atoms with E-state index in [4.69, 9.17) is 4.74 Å². The van der Waals surface area contributed by atoms with Gasteiger partial charge in [-0.25, -0.2) is 0 Å². The number of carbonyl (C=O) groups excluding carboxylic acids is 1. The molecule has 2 aromatic rings. The van der Waals surface area contributed by atoms with E-state index in [1.807, 2.05) is 54.6 Å². The van der Waals surface area contributed by atoms with E-state index in [0.29, 0.717) is 12.6 Å². The minimum Gasteiger partial charge on any atom is -0.457 e. The molecule has 0 spiro atoms. The van der Waals surface area contributed by atoms with Crippen LogP contribution in [0.25, 0.3) is 0 Å². The van der Waals surface area contributed by atoms with Crippen molar-refractivity contribution in [2.45, 2.75) is 32.2 Å². The Hall–Kier alpha value is -2.33. The minimum atomic E-state index is 0.0791. The Kier molecular flexibility index (Phi) is 5.49. The number of hydrogen-bond acceptors (Lipinski definition) is 2. The Balaban J connectivity index is 1.53. The number of hydrogen-bond donors (Lipinski definition) is 2. The highest BCUT2D eigenvalue weighted by atomic mass is 16.5. The number of likely N-dealkylation sites (tertiary alicyclic amines) is 1. The second-order valence-corrected chi connectivity index (χ2v) is 6.47. The van der Waals surface area contributed by atoms with Crippen LogP contribution in [0.1, 0.15) is 26.2 Å². The van der Waals surface area contributed by atoms with Crippen molar-refractivity contribution in [3.05, 3.63) is 54.6 Å². The Labute approximate surface area is 143 Å². The van der Waals surface area contributed by atoms with Crippen LogP contribution in [0.5, 0.6) is 11.5 Å². The van der Waals surface area contributed by atoms with Crippen LogP contribution in [0, 0.1) is 0 Å². The molecule has 0 aromatic heterocycles. The van der Waals surface area contributed by atoms with Gasteiger partial charge in [-0.05, 0) is 62.6 Å². The smallest absolute Gasteiger partial charge is 0.279 e. The van der Waals surface area contributed by atoms with Gasteiger partial charge in [0, 0.05) is 5.69 Å². The van der Waals surface area contributed by atoms with Gasteiger partial charge in [-0.15, -0.1) is 0 Å². The summed E-state index contributed by atoms with van der Waals surface area (Å²) in [5.41, 5.74) is 0.810. The summed E-state index contributed by atoms with van der Waals surface area (Å²) in [6.45, 7) is 3.87. The van der Waals surface area contributed by atoms with Gasteiger partial charge in [0.1, 0.15) is 11.5 Å². The average Bonchev–Trinajstić information content (AvgIpc) is 2.60. The standard InChI is InChI=1S/C20H24N2O2/c1-16-7-5-6-14-22(16)15-20(23)21-17-10-12-19(13-11-17)24-18-8-3-2-4-9-18/h2-4,8-13,16H,5-7,14-15H2,1H3,(H,21,23)/p+1/t16-/m0/s1. The molecule has 2 N–H and O–H groups in total. The van der Waals surface area contributed by atoms with Gasteiger partial charge in [-0.1, -0.05) is 18.2 Å².